The van der Waals surface area contributed by atoms with Crippen LogP contribution in [0.25, 0.3) is 0 Å². The fourth-order valence-corrected chi connectivity index (χ4v) is 4.38. The highest BCUT2D eigenvalue weighted by Crippen LogP contribution is 2.50. The molecule has 0 spiro atoms. The Morgan fingerprint density at radius 3 is 2.06 bits per heavy atom. The van der Waals surface area contributed by atoms with Gasteiger partial charge in [-0.1, -0.05) is 27.7 Å². The SMILES string of the molecule is CC(C)C1(C(C)C)CC[C@@H]2CC[C@H](C1)N2C. The third-order valence-corrected chi connectivity index (χ3v) is 5.84. The number of hydrogen-bond donors (Lipinski definition) is 0. The first kappa shape index (κ1) is 12.4. The summed E-state index contributed by atoms with van der Waals surface area (Å²) in [5.41, 5.74) is 0.605. The van der Waals surface area contributed by atoms with Crippen molar-refractivity contribution in [3.63, 3.8) is 0 Å². The van der Waals surface area contributed by atoms with E-state index in [1.54, 1.807) is 0 Å². The van der Waals surface area contributed by atoms with Gasteiger partial charge in [0.1, 0.15) is 0 Å². The normalized spacial score (nSPS) is 34.7. The molecule has 2 saturated heterocycles. The number of rotatable bonds is 2. The number of nitrogens with zero attached hydrogens (tertiary/aromatic N) is 1. The second-order valence-corrected chi connectivity index (χ2v) is 6.84. The predicted octanol–water partition coefficient (Wildman–Crippen LogP) is 3.93. The highest BCUT2D eigenvalue weighted by Gasteiger charge is 2.45. The van der Waals surface area contributed by atoms with Gasteiger partial charge in [-0.25, -0.2) is 0 Å². The minimum atomic E-state index is 0.605. The van der Waals surface area contributed by atoms with Crippen LogP contribution in [0, 0.1) is 17.3 Å². The lowest BCUT2D eigenvalue weighted by Gasteiger charge is -2.43. The summed E-state index contributed by atoms with van der Waals surface area (Å²) < 4.78 is 0. The van der Waals surface area contributed by atoms with Crippen molar-refractivity contribution in [2.75, 3.05) is 7.05 Å². The van der Waals surface area contributed by atoms with Crippen molar-refractivity contribution in [1.29, 1.82) is 0 Å². The minimum absolute atomic E-state index is 0.605. The third kappa shape index (κ3) is 1.81. The van der Waals surface area contributed by atoms with Crippen LogP contribution in [0.3, 0.4) is 0 Å². The topological polar surface area (TPSA) is 3.24 Å². The van der Waals surface area contributed by atoms with E-state index in [0.29, 0.717) is 5.41 Å². The molecule has 0 aromatic rings. The highest BCUT2D eigenvalue weighted by molar-refractivity contribution is 4.98. The molecule has 0 aliphatic carbocycles. The molecule has 0 N–H and O–H groups in total. The Balaban J connectivity index is 2.23. The molecule has 2 heterocycles. The van der Waals surface area contributed by atoms with Crippen LogP contribution in [0.5, 0.6) is 0 Å². The van der Waals surface area contributed by atoms with Crippen LogP contribution < -0.4 is 0 Å². The summed E-state index contributed by atoms with van der Waals surface area (Å²) in [6, 6.07) is 1.77. The Morgan fingerprint density at radius 2 is 1.50 bits per heavy atom. The number of fused-ring (bicyclic) bond motifs is 2. The van der Waals surface area contributed by atoms with Crippen LogP contribution in [-0.4, -0.2) is 24.0 Å². The molecule has 0 unspecified atom stereocenters. The summed E-state index contributed by atoms with van der Waals surface area (Å²) in [4.78, 5) is 2.69. The lowest BCUT2D eigenvalue weighted by molar-refractivity contribution is 0.0704. The molecule has 2 rings (SSSR count). The summed E-state index contributed by atoms with van der Waals surface area (Å²) in [5.74, 6) is 1.67. The molecule has 2 fully saturated rings. The minimum Gasteiger partial charge on any atom is -0.300 e. The van der Waals surface area contributed by atoms with Crippen LogP contribution in [0.4, 0.5) is 0 Å². The molecular formula is C15H29N. The van der Waals surface area contributed by atoms with Crippen LogP contribution in [-0.2, 0) is 0 Å². The molecule has 0 aromatic heterocycles. The zero-order chi connectivity index (χ0) is 11.9. The zero-order valence-corrected chi connectivity index (χ0v) is 11.8. The molecule has 0 radical (unpaired) electrons. The Bertz CT molecular complexity index is 236. The van der Waals surface area contributed by atoms with E-state index in [4.69, 9.17) is 0 Å². The monoisotopic (exact) mass is 223 g/mol. The van der Waals surface area contributed by atoms with Gasteiger partial charge in [0.2, 0.25) is 0 Å². The van der Waals surface area contributed by atoms with Crippen LogP contribution >= 0.6 is 0 Å². The summed E-state index contributed by atoms with van der Waals surface area (Å²) in [6.07, 6.45) is 7.22. The van der Waals surface area contributed by atoms with Gasteiger partial charge in [-0.2, -0.15) is 0 Å². The third-order valence-electron chi connectivity index (χ3n) is 5.84. The average Bonchev–Trinajstić information content (AvgIpc) is 2.40. The second kappa shape index (κ2) is 4.33. The fourth-order valence-electron chi connectivity index (χ4n) is 4.38. The molecular weight excluding hydrogens is 194 g/mol. The quantitative estimate of drug-likeness (QED) is 0.685. The molecule has 94 valence electrons. The van der Waals surface area contributed by atoms with E-state index in [0.717, 1.165) is 23.9 Å². The van der Waals surface area contributed by atoms with Gasteiger partial charge in [0.25, 0.3) is 0 Å². The lowest BCUT2D eigenvalue weighted by atomic mass is 9.62. The van der Waals surface area contributed by atoms with Crippen molar-refractivity contribution in [2.24, 2.45) is 17.3 Å². The standard InChI is InChI=1S/C15H29N/c1-11(2)15(12(3)4)9-8-13-6-7-14(10-15)16(13)5/h11-14H,6-10H2,1-5H3/t13-,14+/m0/s1. The largest absolute Gasteiger partial charge is 0.300 e. The van der Waals surface area contributed by atoms with Gasteiger partial charge < -0.3 is 4.90 Å². The van der Waals surface area contributed by atoms with Gasteiger partial charge in [0.15, 0.2) is 0 Å². The lowest BCUT2D eigenvalue weighted by Crippen LogP contribution is -2.38. The average molecular weight is 223 g/mol. The van der Waals surface area contributed by atoms with E-state index in [1.165, 1.54) is 32.1 Å². The Kier molecular flexibility index (Phi) is 3.36. The summed E-state index contributed by atoms with van der Waals surface area (Å²) in [7, 11) is 2.36. The molecule has 16 heavy (non-hydrogen) atoms. The Labute approximate surface area is 102 Å². The molecule has 0 saturated carbocycles. The van der Waals surface area contributed by atoms with Gasteiger partial charge in [-0.05, 0) is 56.4 Å². The maximum absolute atomic E-state index is 2.69. The molecule has 1 heteroatoms. The van der Waals surface area contributed by atoms with Gasteiger partial charge in [-0.15, -0.1) is 0 Å². The number of hydrogen-bond acceptors (Lipinski definition) is 1. The highest BCUT2D eigenvalue weighted by atomic mass is 15.2. The summed E-state index contributed by atoms with van der Waals surface area (Å²) >= 11 is 0. The van der Waals surface area contributed by atoms with Crippen molar-refractivity contribution < 1.29 is 0 Å². The first-order valence-electron chi connectivity index (χ1n) is 7.19. The van der Waals surface area contributed by atoms with Crippen LogP contribution in [0.2, 0.25) is 0 Å². The van der Waals surface area contributed by atoms with Gasteiger partial charge in [0, 0.05) is 12.1 Å². The van der Waals surface area contributed by atoms with Crippen molar-refractivity contribution in [2.45, 2.75) is 71.9 Å². The Morgan fingerprint density at radius 1 is 0.938 bits per heavy atom. The molecule has 2 bridgehead atoms. The first-order valence-corrected chi connectivity index (χ1v) is 7.19. The van der Waals surface area contributed by atoms with Crippen LogP contribution in [0.1, 0.15) is 59.8 Å². The van der Waals surface area contributed by atoms with E-state index < -0.39 is 0 Å². The molecule has 2 atom stereocenters. The van der Waals surface area contributed by atoms with Crippen molar-refractivity contribution in [3.8, 4) is 0 Å². The maximum atomic E-state index is 2.69. The molecule has 0 aromatic carbocycles. The predicted molar refractivity (Wildman–Crippen MR) is 70.5 cm³/mol. The van der Waals surface area contributed by atoms with Gasteiger partial charge >= 0.3 is 0 Å². The summed E-state index contributed by atoms with van der Waals surface area (Å²) in [5, 5.41) is 0. The molecule has 1 nitrogen and oxygen atoms in total. The van der Waals surface area contributed by atoms with E-state index in [-0.39, 0.29) is 0 Å². The molecule has 0 amide bonds. The van der Waals surface area contributed by atoms with Gasteiger partial charge in [-0.3, -0.25) is 0 Å². The van der Waals surface area contributed by atoms with E-state index in [9.17, 15) is 0 Å². The van der Waals surface area contributed by atoms with Crippen molar-refractivity contribution >= 4 is 0 Å². The summed E-state index contributed by atoms with van der Waals surface area (Å²) in [6.45, 7) is 9.77. The van der Waals surface area contributed by atoms with E-state index in [2.05, 4.69) is 39.6 Å². The van der Waals surface area contributed by atoms with E-state index >= 15 is 0 Å². The Hall–Kier alpha value is -0.0400. The maximum Gasteiger partial charge on any atom is 0.0101 e. The van der Waals surface area contributed by atoms with Crippen LogP contribution in [0.15, 0.2) is 0 Å². The smallest absolute Gasteiger partial charge is 0.0101 e. The second-order valence-electron chi connectivity index (χ2n) is 6.84. The van der Waals surface area contributed by atoms with E-state index in [1.807, 2.05) is 0 Å². The van der Waals surface area contributed by atoms with Crippen molar-refractivity contribution in [3.05, 3.63) is 0 Å². The molecule has 2 aliphatic rings. The van der Waals surface area contributed by atoms with Crippen molar-refractivity contribution in [1.82, 2.24) is 4.90 Å². The van der Waals surface area contributed by atoms with Gasteiger partial charge in [0.05, 0.1) is 0 Å². The zero-order valence-electron chi connectivity index (χ0n) is 11.8. The first-order chi connectivity index (χ1) is 7.47. The molecule has 2 aliphatic heterocycles. The fraction of sp³-hybridized carbons (Fsp3) is 1.00.